The Morgan fingerprint density at radius 1 is 1.13 bits per heavy atom. The van der Waals surface area contributed by atoms with Crippen molar-refractivity contribution >= 4 is 0 Å². The number of hydrogen-bond acceptors (Lipinski definition) is 2. The Morgan fingerprint density at radius 2 is 1.87 bits per heavy atom. The van der Waals surface area contributed by atoms with Crippen molar-refractivity contribution < 1.29 is 0 Å². The first-order chi connectivity index (χ1) is 7.36. The molecule has 0 amide bonds. The van der Waals surface area contributed by atoms with Gasteiger partial charge < -0.3 is 10.2 Å². The fraction of sp³-hybridized carbons (Fsp3) is 1.00. The van der Waals surface area contributed by atoms with E-state index < -0.39 is 0 Å². The van der Waals surface area contributed by atoms with Gasteiger partial charge in [-0.05, 0) is 44.8 Å². The van der Waals surface area contributed by atoms with Gasteiger partial charge in [-0.25, -0.2) is 0 Å². The summed E-state index contributed by atoms with van der Waals surface area (Å²) in [4.78, 5) is 2.62. The quantitative estimate of drug-likeness (QED) is 0.652. The molecule has 0 bridgehead atoms. The van der Waals surface area contributed by atoms with Crippen LogP contribution < -0.4 is 5.32 Å². The molecule has 0 radical (unpaired) electrons. The Morgan fingerprint density at radius 3 is 2.47 bits per heavy atom. The molecule has 0 aromatic heterocycles. The second kappa shape index (κ2) is 8.12. The minimum absolute atomic E-state index is 1.01. The second-order valence-corrected chi connectivity index (χ2v) is 4.80. The summed E-state index contributed by atoms with van der Waals surface area (Å²) in [6.45, 7) is 10.9. The number of nitrogens with one attached hydrogen (secondary N) is 1. The van der Waals surface area contributed by atoms with E-state index in [9.17, 15) is 0 Å². The van der Waals surface area contributed by atoms with Crippen LogP contribution in [0, 0.1) is 5.92 Å². The van der Waals surface area contributed by atoms with Crippen LogP contribution in [0.3, 0.4) is 0 Å². The fourth-order valence-electron chi connectivity index (χ4n) is 2.28. The lowest BCUT2D eigenvalue weighted by molar-refractivity contribution is 0.182. The summed E-state index contributed by atoms with van der Waals surface area (Å²) in [6, 6.07) is 0. The molecular formula is C13H28N2. The van der Waals surface area contributed by atoms with Crippen LogP contribution in [0.2, 0.25) is 0 Å². The zero-order valence-corrected chi connectivity index (χ0v) is 10.6. The van der Waals surface area contributed by atoms with Crippen molar-refractivity contribution in [2.45, 2.75) is 46.0 Å². The molecule has 1 aliphatic heterocycles. The molecule has 1 N–H and O–H groups in total. The number of likely N-dealkylation sites (tertiary alicyclic amines) is 1. The maximum Gasteiger partial charge on any atom is 0.0107 e. The van der Waals surface area contributed by atoms with Crippen LogP contribution in [-0.4, -0.2) is 37.6 Å². The molecule has 15 heavy (non-hydrogen) atoms. The molecule has 1 saturated heterocycles. The summed E-state index contributed by atoms with van der Waals surface area (Å²) in [7, 11) is 0. The number of nitrogens with zero attached hydrogens (tertiary/aromatic N) is 1. The molecule has 90 valence electrons. The Kier molecular flexibility index (Phi) is 7.03. The lowest BCUT2D eigenvalue weighted by atomic mass is 9.94. The minimum atomic E-state index is 1.01. The normalized spacial score (nSPS) is 19.6. The topological polar surface area (TPSA) is 15.3 Å². The molecule has 0 aromatic carbocycles. The summed E-state index contributed by atoms with van der Waals surface area (Å²) in [5.74, 6) is 1.01. The SMILES string of the molecule is CCCCNCCN1CCC(CC)CC1. The monoisotopic (exact) mass is 212 g/mol. The maximum absolute atomic E-state index is 3.52. The molecule has 0 saturated carbocycles. The molecular weight excluding hydrogens is 184 g/mol. The molecule has 0 spiro atoms. The van der Waals surface area contributed by atoms with E-state index in [2.05, 4.69) is 24.1 Å². The first-order valence-corrected chi connectivity index (χ1v) is 6.79. The maximum atomic E-state index is 3.52. The molecule has 1 fully saturated rings. The van der Waals surface area contributed by atoms with Crippen molar-refractivity contribution in [1.82, 2.24) is 10.2 Å². The van der Waals surface area contributed by atoms with Gasteiger partial charge in [0, 0.05) is 13.1 Å². The van der Waals surface area contributed by atoms with E-state index in [-0.39, 0.29) is 0 Å². The fourth-order valence-corrected chi connectivity index (χ4v) is 2.28. The van der Waals surface area contributed by atoms with Crippen molar-refractivity contribution in [1.29, 1.82) is 0 Å². The molecule has 1 rings (SSSR count). The van der Waals surface area contributed by atoms with Crippen LogP contribution in [0.5, 0.6) is 0 Å². The van der Waals surface area contributed by atoms with Crippen molar-refractivity contribution in [3.05, 3.63) is 0 Å². The number of unbranched alkanes of at least 4 members (excludes halogenated alkanes) is 1. The van der Waals surface area contributed by atoms with E-state index in [1.807, 2.05) is 0 Å². The highest BCUT2D eigenvalue weighted by molar-refractivity contribution is 4.71. The Bertz CT molecular complexity index is 139. The highest BCUT2D eigenvalue weighted by atomic mass is 15.1. The second-order valence-electron chi connectivity index (χ2n) is 4.80. The van der Waals surface area contributed by atoms with E-state index in [4.69, 9.17) is 0 Å². The van der Waals surface area contributed by atoms with Crippen LogP contribution in [0.25, 0.3) is 0 Å². The molecule has 0 unspecified atom stereocenters. The van der Waals surface area contributed by atoms with Gasteiger partial charge in [0.05, 0.1) is 0 Å². The average Bonchev–Trinajstić information content (AvgIpc) is 2.30. The molecule has 0 aromatic rings. The minimum Gasteiger partial charge on any atom is -0.315 e. The predicted molar refractivity (Wildman–Crippen MR) is 67.2 cm³/mol. The van der Waals surface area contributed by atoms with Crippen LogP contribution in [-0.2, 0) is 0 Å². The zero-order chi connectivity index (χ0) is 10.9. The third-order valence-corrected chi connectivity index (χ3v) is 3.60. The number of piperidine rings is 1. The lowest BCUT2D eigenvalue weighted by Gasteiger charge is -2.31. The molecule has 1 aliphatic rings. The Hall–Kier alpha value is -0.0800. The van der Waals surface area contributed by atoms with Gasteiger partial charge in [-0.1, -0.05) is 26.7 Å². The largest absolute Gasteiger partial charge is 0.315 e. The van der Waals surface area contributed by atoms with Gasteiger partial charge in [-0.15, -0.1) is 0 Å². The van der Waals surface area contributed by atoms with E-state index in [1.54, 1.807) is 0 Å². The van der Waals surface area contributed by atoms with E-state index in [0.29, 0.717) is 0 Å². The third kappa shape index (κ3) is 5.53. The molecule has 0 aliphatic carbocycles. The average molecular weight is 212 g/mol. The molecule has 0 atom stereocenters. The highest BCUT2D eigenvalue weighted by Gasteiger charge is 2.16. The summed E-state index contributed by atoms with van der Waals surface area (Å²) in [6.07, 6.45) is 6.84. The van der Waals surface area contributed by atoms with Gasteiger partial charge in [0.2, 0.25) is 0 Å². The first-order valence-electron chi connectivity index (χ1n) is 6.79. The predicted octanol–water partition coefficient (Wildman–Crippen LogP) is 2.50. The number of rotatable bonds is 7. The third-order valence-electron chi connectivity index (χ3n) is 3.60. The van der Waals surface area contributed by atoms with Gasteiger partial charge >= 0.3 is 0 Å². The standard InChI is InChI=1S/C13H28N2/c1-3-5-8-14-9-12-15-10-6-13(4-2)7-11-15/h13-14H,3-12H2,1-2H3. The summed E-state index contributed by atoms with van der Waals surface area (Å²) < 4.78 is 0. The lowest BCUT2D eigenvalue weighted by Crippen LogP contribution is -2.38. The van der Waals surface area contributed by atoms with Gasteiger partial charge in [-0.3, -0.25) is 0 Å². The van der Waals surface area contributed by atoms with E-state index in [0.717, 1.165) is 5.92 Å². The van der Waals surface area contributed by atoms with Crippen LogP contribution in [0.1, 0.15) is 46.0 Å². The van der Waals surface area contributed by atoms with Crippen molar-refractivity contribution in [3.8, 4) is 0 Å². The highest BCUT2D eigenvalue weighted by Crippen LogP contribution is 2.19. The van der Waals surface area contributed by atoms with Crippen LogP contribution in [0.4, 0.5) is 0 Å². The van der Waals surface area contributed by atoms with Crippen molar-refractivity contribution in [2.75, 3.05) is 32.7 Å². The van der Waals surface area contributed by atoms with Crippen LogP contribution in [0.15, 0.2) is 0 Å². The summed E-state index contributed by atoms with van der Waals surface area (Å²) in [5, 5.41) is 3.52. The molecule has 2 heteroatoms. The van der Waals surface area contributed by atoms with E-state index >= 15 is 0 Å². The van der Waals surface area contributed by atoms with Crippen molar-refractivity contribution in [3.63, 3.8) is 0 Å². The van der Waals surface area contributed by atoms with Gasteiger partial charge in [0.1, 0.15) is 0 Å². The number of hydrogen-bond donors (Lipinski definition) is 1. The smallest absolute Gasteiger partial charge is 0.0107 e. The Labute approximate surface area is 95.4 Å². The van der Waals surface area contributed by atoms with E-state index in [1.165, 1.54) is 64.8 Å². The van der Waals surface area contributed by atoms with Gasteiger partial charge in [0.25, 0.3) is 0 Å². The van der Waals surface area contributed by atoms with Gasteiger partial charge in [0.15, 0.2) is 0 Å². The molecule has 1 heterocycles. The zero-order valence-electron chi connectivity index (χ0n) is 10.6. The van der Waals surface area contributed by atoms with Crippen molar-refractivity contribution in [2.24, 2.45) is 5.92 Å². The molecule has 2 nitrogen and oxygen atoms in total. The summed E-state index contributed by atoms with van der Waals surface area (Å²) >= 11 is 0. The Balaban J connectivity index is 1.94. The van der Waals surface area contributed by atoms with Gasteiger partial charge in [-0.2, -0.15) is 0 Å². The summed E-state index contributed by atoms with van der Waals surface area (Å²) in [5.41, 5.74) is 0. The first kappa shape index (κ1) is 13.0. The van der Waals surface area contributed by atoms with Crippen LogP contribution >= 0.6 is 0 Å².